The lowest BCUT2D eigenvalue weighted by Gasteiger charge is -2.16. The summed E-state index contributed by atoms with van der Waals surface area (Å²) in [6, 6.07) is 13.0. The molecule has 132 valence electrons. The Hall–Kier alpha value is -3.15. The number of nitrogens with zero attached hydrogens (tertiary/aromatic N) is 2. The summed E-state index contributed by atoms with van der Waals surface area (Å²) in [5.74, 6) is 1.19. The maximum Gasteiger partial charge on any atom is 0.271 e. The zero-order valence-electron chi connectivity index (χ0n) is 14.4. The molecule has 1 aliphatic heterocycles. The molecule has 0 unspecified atom stereocenters. The van der Waals surface area contributed by atoms with Gasteiger partial charge in [0, 0.05) is 6.42 Å². The molecule has 6 heteroatoms. The maximum absolute atomic E-state index is 12.5. The first kappa shape index (κ1) is 16.3. The molecule has 2 aromatic carbocycles. The van der Waals surface area contributed by atoms with Gasteiger partial charge in [-0.3, -0.25) is 9.78 Å². The van der Waals surface area contributed by atoms with E-state index >= 15 is 0 Å². The SMILES string of the molecule is C[C@H](NC(=O)c1cnc2ccccc2n1)c1ccc2c(c1)OCCCO2. The Morgan fingerprint density at radius 1 is 1.08 bits per heavy atom. The molecule has 0 bridgehead atoms. The number of ether oxygens (including phenoxy) is 2. The largest absolute Gasteiger partial charge is 0.490 e. The zero-order valence-corrected chi connectivity index (χ0v) is 14.4. The normalized spacial score (nSPS) is 14.5. The molecule has 0 spiro atoms. The number of nitrogens with one attached hydrogen (secondary N) is 1. The van der Waals surface area contributed by atoms with Gasteiger partial charge < -0.3 is 14.8 Å². The van der Waals surface area contributed by atoms with Gasteiger partial charge in [0.05, 0.1) is 36.5 Å². The number of para-hydroxylation sites is 2. The van der Waals surface area contributed by atoms with Crippen molar-refractivity contribution in [2.45, 2.75) is 19.4 Å². The number of hydrogen-bond acceptors (Lipinski definition) is 5. The van der Waals surface area contributed by atoms with E-state index in [0.717, 1.165) is 23.3 Å². The lowest BCUT2D eigenvalue weighted by atomic mass is 10.1. The van der Waals surface area contributed by atoms with Crippen molar-refractivity contribution in [2.75, 3.05) is 13.2 Å². The van der Waals surface area contributed by atoms with Crippen LogP contribution < -0.4 is 14.8 Å². The Bertz CT molecular complexity index is 958. The minimum absolute atomic E-state index is 0.201. The summed E-state index contributed by atoms with van der Waals surface area (Å²) in [7, 11) is 0. The molecule has 4 rings (SSSR count). The molecule has 1 aliphatic rings. The number of aromatic nitrogens is 2. The third-order valence-corrected chi connectivity index (χ3v) is 4.30. The van der Waals surface area contributed by atoms with Crippen LogP contribution in [0.3, 0.4) is 0 Å². The van der Waals surface area contributed by atoms with Crippen molar-refractivity contribution in [3.8, 4) is 11.5 Å². The van der Waals surface area contributed by atoms with E-state index in [-0.39, 0.29) is 11.9 Å². The molecule has 1 N–H and O–H groups in total. The molecule has 0 saturated heterocycles. The zero-order chi connectivity index (χ0) is 17.9. The molecule has 2 heterocycles. The van der Waals surface area contributed by atoms with E-state index in [4.69, 9.17) is 9.47 Å². The standard InChI is InChI=1S/C20H19N3O3/c1-13(14-7-8-18-19(11-14)26-10-4-9-25-18)22-20(24)17-12-21-15-5-2-3-6-16(15)23-17/h2-3,5-8,11-13H,4,9-10H2,1H3,(H,22,24)/t13-/m0/s1. The van der Waals surface area contributed by atoms with Gasteiger partial charge in [-0.05, 0) is 36.8 Å². The monoisotopic (exact) mass is 349 g/mol. The van der Waals surface area contributed by atoms with Crippen LogP contribution in [-0.2, 0) is 0 Å². The molecule has 1 atom stereocenters. The summed E-state index contributed by atoms with van der Waals surface area (Å²) in [4.78, 5) is 21.2. The third-order valence-electron chi connectivity index (χ3n) is 4.30. The van der Waals surface area contributed by atoms with Crippen molar-refractivity contribution >= 4 is 16.9 Å². The molecule has 0 saturated carbocycles. The van der Waals surface area contributed by atoms with Crippen molar-refractivity contribution in [3.05, 3.63) is 59.9 Å². The molecule has 26 heavy (non-hydrogen) atoms. The van der Waals surface area contributed by atoms with Gasteiger partial charge in [0.1, 0.15) is 5.69 Å². The van der Waals surface area contributed by atoms with Crippen LogP contribution in [0, 0.1) is 0 Å². The molecule has 0 aliphatic carbocycles. The lowest BCUT2D eigenvalue weighted by molar-refractivity contribution is 0.0934. The van der Waals surface area contributed by atoms with Crippen LogP contribution in [0.2, 0.25) is 0 Å². The Balaban J connectivity index is 1.52. The predicted molar refractivity (Wildman–Crippen MR) is 97.5 cm³/mol. The van der Waals surface area contributed by atoms with Crippen molar-refractivity contribution < 1.29 is 14.3 Å². The molecule has 1 aromatic heterocycles. The second-order valence-electron chi connectivity index (χ2n) is 6.20. The lowest BCUT2D eigenvalue weighted by Crippen LogP contribution is -2.27. The summed E-state index contributed by atoms with van der Waals surface area (Å²) in [5.41, 5.74) is 2.70. The molecular weight excluding hydrogens is 330 g/mol. The number of carbonyl (C=O) groups excluding carboxylic acids is 1. The van der Waals surface area contributed by atoms with Crippen LogP contribution >= 0.6 is 0 Å². The van der Waals surface area contributed by atoms with E-state index in [1.54, 1.807) is 0 Å². The van der Waals surface area contributed by atoms with E-state index in [1.165, 1.54) is 6.20 Å². The second-order valence-corrected chi connectivity index (χ2v) is 6.20. The molecule has 1 amide bonds. The van der Waals surface area contributed by atoms with Crippen LogP contribution in [0.15, 0.2) is 48.7 Å². The van der Waals surface area contributed by atoms with E-state index in [1.807, 2.05) is 49.4 Å². The highest BCUT2D eigenvalue weighted by atomic mass is 16.5. The van der Waals surface area contributed by atoms with Crippen LogP contribution in [0.25, 0.3) is 11.0 Å². The van der Waals surface area contributed by atoms with Crippen LogP contribution in [-0.4, -0.2) is 29.1 Å². The quantitative estimate of drug-likeness (QED) is 0.785. The Kier molecular flexibility index (Phi) is 4.39. The highest BCUT2D eigenvalue weighted by molar-refractivity contribution is 5.94. The topological polar surface area (TPSA) is 73.3 Å². The number of rotatable bonds is 3. The number of benzene rings is 2. The molecular formula is C20H19N3O3. The second kappa shape index (κ2) is 7.00. The first-order chi connectivity index (χ1) is 12.7. The summed E-state index contributed by atoms with van der Waals surface area (Å²) in [6.45, 7) is 3.20. The predicted octanol–water partition coefficient (Wildman–Crippen LogP) is 3.28. The van der Waals surface area contributed by atoms with Gasteiger partial charge in [0.25, 0.3) is 5.91 Å². The number of fused-ring (bicyclic) bond motifs is 2. The summed E-state index contributed by atoms with van der Waals surface area (Å²) in [6.07, 6.45) is 2.36. The smallest absolute Gasteiger partial charge is 0.271 e. The summed E-state index contributed by atoms with van der Waals surface area (Å²) in [5, 5.41) is 2.96. The van der Waals surface area contributed by atoms with E-state index in [2.05, 4.69) is 15.3 Å². The van der Waals surface area contributed by atoms with Gasteiger partial charge in [0.2, 0.25) is 0 Å². The Morgan fingerprint density at radius 2 is 1.85 bits per heavy atom. The van der Waals surface area contributed by atoms with Gasteiger partial charge in [-0.25, -0.2) is 4.98 Å². The summed E-state index contributed by atoms with van der Waals surface area (Å²) >= 11 is 0. The molecule has 6 nitrogen and oxygen atoms in total. The fraction of sp³-hybridized carbons (Fsp3) is 0.250. The average molecular weight is 349 g/mol. The van der Waals surface area contributed by atoms with Crippen molar-refractivity contribution in [2.24, 2.45) is 0 Å². The van der Waals surface area contributed by atoms with Gasteiger partial charge in [-0.2, -0.15) is 0 Å². The fourth-order valence-corrected chi connectivity index (χ4v) is 2.87. The number of carbonyl (C=O) groups is 1. The van der Waals surface area contributed by atoms with E-state index in [0.29, 0.717) is 30.2 Å². The van der Waals surface area contributed by atoms with Crippen LogP contribution in [0.5, 0.6) is 11.5 Å². The highest BCUT2D eigenvalue weighted by Gasteiger charge is 2.17. The van der Waals surface area contributed by atoms with Crippen molar-refractivity contribution in [1.82, 2.24) is 15.3 Å². The van der Waals surface area contributed by atoms with Gasteiger partial charge in [-0.15, -0.1) is 0 Å². The Morgan fingerprint density at radius 3 is 2.69 bits per heavy atom. The molecule has 0 fully saturated rings. The fourth-order valence-electron chi connectivity index (χ4n) is 2.87. The first-order valence-electron chi connectivity index (χ1n) is 8.63. The minimum Gasteiger partial charge on any atom is -0.490 e. The highest BCUT2D eigenvalue weighted by Crippen LogP contribution is 2.32. The molecule has 0 radical (unpaired) electrons. The van der Waals surface area contributed by atoms with Gasteiger partial charge in [0.15, 0.2) is 11.5 Å². The Labute approximate surface area is 151 Å². The minimum atomic E-state index is -0.261. The first-order valence-corrected chi connectivity index (χ1v) is 8.63. The van der Waals surface area contributed by atoms with Gasteiger partial charge in [-0.1, -0.05) is 18.2 Å². The molecule has 3 aromatic rings. The third kappa shape index (κ3) is 3.31. The maximum atomic E-state index is 12.5. The average Bonchev–Trinajstić information content (AvgIpc) is 2.92. The van der Waals surface area contributed by atoms with Crippen LogP contribution in [0.1, 0.15) is 35.4 Å². The van der Waals surface area contributed by atoms with Crippen molar-refractivity contribution in [1.29, 1.82) is 0 Å². The van der Waals surface area contributed by atoms with Crippen LogP contribution in [0.4, 0.5) is 0 Å². The number of hydrogen-bond donors (Lipinski definition) is 1. The summed E-state index contributed by atoms with van der Waals surface area (Å²) < 4.78 is 11.4. The van der Waals surface area contributed by atoms with Gasteiger partial charge >= 0.3 is 0 Å². The number of amides is 1. The van der Waals surface area contributed by atoms with E-state index in [9.17, 15) is 4.79 Å². The van der Waals surface area contributed by atoms with Crippen molar-refractivity contribution in [3.63, 3.8) is 0 Å². The van der Waals surface area contributed by atoms with E-state index < -0.39 is 0 Å².